The van der Waals surface area contributed by atoms with Crippen molar-refractivity contribution in [2.24, 2.45) is 0 Å². The number of benzene rings is 6. The Bertz CT molecular complexity index is 1710. The first-order valence-corrected chi connectivity index (χ1v) is 13.7. The monoisotopic (exact) mass is 516 g/mol. The van der Waals surface area contributed by atoms with Crippen LogP contribution in [0.1, 0.15) is 11.1 Å². The molecule has 0 N–H and O–H groups in total. The summed E-state index contributed by atoms with van der Waals surface area (Å²) in [5, 5.41) is 0. The normalized spacial score (nSPS) is 10.8. The van der Waals surface area contributed by atoms with E-state index >= 15 is 0 Å². The van der Waals surface area contributed by atoms with Crippen LogP contribution in [0.25, 0.3) is 11.1 Å². The number of hydrogen-bond acceptors (Lipinski definition) is 2. The molecule has 194 valence electrons. The van der Waals surface area contributed by atoms with E-state index < -0.39 is 0 Å². The summed E-state index contributed by atoms with van der Waals surface area (Å²) in [6.45, 7) is 4.28. The summed E-state index contributed by atoms with van der Waals surface area (Å²) in [6, 6.07) is 56.1. The topological polar surface area (TPSA) is 6.48 Å². The molecule has 0 bridgehead atoms. The van der Waals surface area contributed by atoms with Crippen molar-refractivity contribution in [3.8, 4) is 11.1 Å². The summed E-state index contributed by atoms with van der Waals surface area (Å²) < 4.78 is 0. The molecule has 0 aliphatic rings. The van der Waals surface area contributed by atoms with E-state index in [0.29, 0.717) is 0 Å². The number of aryl methyl sites for hydroxylation is 2. The van der Waals surface area contributed by atoms with Crippen molar-refractivity contribution in [3.05, 3.63) is 169 Å². The van der Waals surface area contributed by atoms with Crippen molar-refractivity contribution in [3.63, 3.8) is 0 Å². The molecule has 0 unspecified atom stereocenters. The van der Waals surface area contributed by atoms with E-state index in [0.717, 1.165) is 34.1 Å². The predicted octanol–water partition coefficient (Wildman–Crippen LogP) is 10.9. The Balaban J connectivity index is 1.44. The summed E-state index contributed by atoms with van der Waals surface area (Å²) in [7, 11) is 0. The van der Waals surface area contributed by atoms with Crippen LogP contribution < -0.4 is 9.80 Å². The largest absolute Gasteiger partial charge is 0.310 e. The van der Waals surface area contributed by atoms with Gasteiger partial charge in [-0.05, 0) is 97.3 Å². The number of anilines is 6. The van der Waals surface area contributed by atoms with Gasteiger partial charge in [-0.3, -0.25) is 0 Å². The van der Waals surface area contributed by atoms with Gasteiger partial charge >= 0.3 is 0 Å². The van der Waals surface area contributed by atoms with Crippen molar-refractivity contribution in [1.29, 1.82) is 0 Å². The van der Waals surface area contributed by atoms with Crippen LogP contribution in [0.2, 0.25) is 0 Å². The standard InChI is InChI=1S/C38H32N2/c1-29-13-11-19-35(27-29)39(32-15-5-3-6-16-32)34-25-23-31(24-26-34)37-21-9-10-22-38(37)40(33-17-7-4-8-18-33)36-20-12-14-30(2)28-36/h3-28H,1-2H3. The van der Waals surface area contributed by atoms with Crippen molar-refractivity contribution < 1.29 is 0 Å². The Hall–Kier alpha value is -5.08. The molecule has 6 rings (SSSR count). The van der Waals surface area contributed by atoms with Gasteiger partial charge in [0.25, 0.3) is 0 Å². The van der Waals surface area contributed by atoms with Gasteiger partial charge in [-0.1, -0.05) is 91.0 Å². The molecule has 2 heteroatoms. The van der Waals surface area contributed by atoms with E-state index in [9.17, 15) is 0 Å². The Morgan fingerprint density at radius 3 is 1.38 bits per heavy atom. The molecule has 0 heterocycles. The van der Waals surface area contributed by atoms with Gasteiger partial charge in [-0.25, -0.2) is 0 Å². The van der Waals surface area contributed by atoms with E-state index in [1.807, 2.05) is 0 Å². The number of rotatable bonds is 7. The van der Waals surface area contributed by atoms with Crippen LogP contribution in [0, 0.1) is 13.8 Å². The Morgan fingerprint density at radius 1 is 0.350 bits per heavy atom. The lowest BCUT2D eigenvalue weighted by Crippen LogP contribution is -2.11. The van der Waals surface area contributed by atoms with Crippen LogP contribution in [0.5, 0.6) is 0 Å². The summed E-state index contributed by atoms with van der Waals surface area (Å²) in [5.74, 6) is 0. The number of nitrogens with zero attached hydrogens (tertiary/aromatic N) is 2. The van der Waals surface area contributed by atoms with Crippen molar-refractivity contribution in [2.75, 3.05) is 9.80 Å². The third-order valence-corrected chi connectivity index (χ3v) is 7.13. The molecule has 0 saturated carbocycles. The van der Waals surface area contributed by atoms with Crippen LogP contribution in [0.15, 0.2) is 158 Å². The minimum Gasteiger partial charge on any atom is -0.310 e. The predicted molar refractivity (Wildman–Crippen MR) is 171 cm³/mol. The molecule has 0 fully saturated rings. The molecule has 0 radical (unpaired) electrons. The highest BCUT2D eigenvalue weighted by Crippen LogP contribution is 2.42. The fraction of sp³-hybridized carbons (Fsp3) is 0.0526. The second-order valence-corrected chi connectivity index (χ2v) is 10.1. The fourth-order valence-electron chi connectivity index (χ4n) is 5.27. The van der Waals surface area contributed by atoms with Crippen molar-refractivity contribution >= 4 is 34.1 Å². The van der Waals surface area contributed by atoms with Crippen molar-refractivity contribution in [1.82, 2.24) is 0 Å². The Morgan fingerprint density at radius 2 is 0.800 bits per heavy atom. The lowest BCUT2D eigenvalue weighted by Gasteiger charge is -2.28. The van der Waals surface area contributed by atoms with Crippen LogP contribution in [0.3, 0.4) is 0 Å². The summed E-state index contributed by atoms with van der Waals surface area (Å²) in [4.78, 5) is 4.66. The Labute approximate surface area is 237 Å². The molecular formula is C38H32N2. The van der Waals surface area contributed by atoms with Gasteiger partial charge in [0.05, 0.1) is 5.69 Å². The zero-order valence-electron chi connectivity index (χ0n) is 22.9. The minimum atomic E-state index is 1.12. The lowest BCUT2D eigenvalue weighted by atomic mass is 10.0. The van der Waals surface area contributed by atoms with Crippen LogP contribution in [-0.2, 0) is 0 Å². The first-order chi connectivity index (χ1) is 19.7. The summed E-state index contributed by atoms with van der Waals surface area (Å²) in [5.41, 5.74) is 11.6. The molecule has 0 spiro atoms. The molecule has 0 atom stereocenters. The zero-order valence-corrected chi connectivity index (χ0v) is 22.9. The van der Waals surface area contributed by atoms with Gasteiger partial charge < -0.3 is 9.80 Å². The van der Waals surface area contributed by atoms with E-state index in [4.69, 9.17) is 0 Å². The molecule has 6 aromatic rings. The van der Waals surface area contributed by atoms with Crippen LogP contribution >= 0.6 is 0 Å². The van der Waals surface area contributed by atoms with Crippen LogP contribution in [0.4, 0.5) is 34.1 Å². The van der Waals surface area contributed by atoms with Gasteiger partial charge in [0.1, 0.15) is 0 Å². The SMILES string of the molecule is Cc1cccc(N(c2ccccc2)c2ccc(-c3ccccc3N(c3ccccc3)c3cccc(C)c3)cc2)c1. The highest BCUT2D eigenvalue weighted by Gasteiger charge is 2.18. The quantitative estimate of drug-likeness (QED) is 0.208. The molecule has 6 aromatic carbocycles. The maximum Gasteiger partial charge on any atom is 0.0540 e. The summed E-state index contributed by atoms with van der Waals surface area (Å²) >= 11 is 0. The van der Waals surface area contributed by atoms with E-state index in [-0.39, 0.29) is 0 Å². The van der Waals surface area contributed by atoms with Gasteiger partial charge in [0, 0.05) is 34.0 Å². The molecule has 40 heavy (non-hydrogen) atoms. The molecular weight excluding hydrogens is 484 g/mol. The average molecular weight is 517 g/mol. The van der Waals surface area contributed by atoms with Gasteiger partial charge in [0.15, 0.2) is 0 Å². The lowest BCUT2D eigenvalue weighted by molar-refractivity contribution is 1.26. The first kappa shape index (κ1) is 25.2. The second-order valence-electron chi connectivity index (χ2n) is 10.1. The van der Waals surface area contributed by atoms with Gasteiger partial charge in [-0.2, -0.15) is 0 Å². The number of para-hydroxylation sites is 3. The first-order valence-electron chi connectivity index (χ1n) is 13.7. The molecule has 0 amide bonds. The third-order valence-electron chi connectivity index (χ3n) is 7.13. The van der Waals surface area contributed by atoms with E-state index in [1.54, 1.807) is 0 Å². The smallest absolute Gasteiger partial charge is 0.0540 e. The maximum atomic E-state index is 2.35. The Kier molecular flexibility index (Phi) is 7.15. The minimum absolute atomic E-state index is 1.12. The highest BCUT2D eigenvalue weighted by molar-refractivity contribution is 5.89. The molecule has 0 aliphatic heterocycles. The number of hydrogen-bond donors (Lipinski definition) is 0. The van der Waals surface area contributed by atoms with Gasteiger partial charge in [0.2, 0.25) is 0 Å². The maximum absolute atomic E-state index is 2.35. The zero-order chi connectivity index (χ0) is 27.3. The average Bonchev–Trinajstić information content (AvgIpc) is 2.99. The fourth-order valence-corrected chi connectivity index (χ4v) is 5.27. The second kappa shape index (κ2) is 11.3. The summed E-state index contributed by atoms with van der Waals surface area (Å²) in [6.07, 6.45) is 0. The van der Waals surface area contributed by atoms with Crippen molar-refractivity contribution in [2.45, 2.75) is 13.8 Å². The van der Waals surface area contributed by atoms with E-state index in [2.05, 4.69) is 181 Å². The van der Waals surface area contributed by atoms with Gasteiger partial charge in [-0.15, -0.1) is 0 Å². The highest BCUT2D eigenvalue weighted by atomic mass is 15.1. The third kappa shape index (κ3) is 5.25. The van der Waals surface area contributed by atoms with E-state index in [1.165, 1.54) is 22.3 Å². The molecule has 0 saturated heterocycles. The molecule has 2 nitrogen and oxygen atoms in total. The molecule has 0 aromatic heterocycles. The van der Waals surface area contributed by atoms with Crippen LogP contribution in [-0.4, -0.2) is 0 Å². The molecule has 0 aliphatic carbocycles.